The van der Waals surface area contributed by atoms with Crippen molar-refractivity contribution in [2.75, 3.05) is 13.2 Å². The van der Waals surface area contributed by atoms with Gasteiger partial charge < -0.3 is 9.64 Å². The van der Waals surface area contributed by atoms with E-state index in [1.807, 2.05) is 55.5 Å². The third-order valence-corrected chi connectivity index (χ3v) is 4.47. The Bertz CT molecular complexity index is 906. The van der Waals surface area contributed by atoms with Crippen LogP contribution in [0.25, 0.3) is 0 Å². The van der Waals surface area contributed by atoms with E-state index in [4.69, 9.17) is 4.74 Å². The number of likely N-dealkylation sites (N-methyl/N-ethyl adjacent to an activating group) is 1. The van der Waals surface area contributed by atoms with Crippen LogP contribution in [0.15, 0.2) is 84.9 Å². The Balaban J connectivity index is 1.56. The Kier molecular flexibility index (Phi) is 6.58. The molecule has 3 rings (SSSR count). The molecule has 0 aromatic heterocycles. The molecule has 0 radical (unpaired) electrons. The van der Waals surface area contributed by atoms with E-state index in [1.165, 1.54) is 0 Å². The molecule has 0 N–H and O–H groups in total. The molecule has 4 nitrogen and oxygen atoms in total. The minimum atomic E-state index is -0.0733. The third-order valence-electron chi connectivity index (χ3n) is 4.47. The maximum absolute atomic E-state index is 12.5. The molecule has 1 amide bonds. The average molecular weight is 373 g/mol. The smallest absolute Gasteiger partial charge is 0.260 e. The van der Waals surface area contributed by atoms with Gasteiger partial charge in [-0.2, -0.15) is 0 Å². The van der Waals surface area contributed by atoms with Crippen LogP contribution >= 0.6 is 0 Å². The fourth-order valence-corrected chi connectivity index (χ4v) is 2.88. The van der Waals surface area contributed by atoms with Gasteiger partial charge in [-0.3, -0.25) is 9.59 Å². The number of carbonyl (C=O) groups is 2. The quantitative estimate of drug-likeness (QED) is 0.552. The summed E-state index contributed by atoms with van der Waals surface area (Å²) >= 11 is 0. The van der Waals surface area contributed by atoms with Gasteiger partial charge in [-0.05, 0) is 36.8 Å². The van der Waals surface area contributed by atoms with Crippen molar-refractivity contribution in [3.63, 3.8) is 0 Å². The van der Waals surface area contributed by atoms with Crippen molar-refractivity contribution in [1.82, 2.24) is 4.90 Å². The van der Waals surface area contributed by atoms with Crippen LogP contribution in [-0.2, 0) is 11.3 Å². The average Bonchev–Trinajstić information content (AvgIpc) is 2.77. The van der Waals surface area contributed by atoms with Gasteiger partial charge in [0.2, 0.25) is 0 Å². The highest BCUT2D eigenvalue weighted by molar-refractivity contribution is 6.08. The lowest BCUT2D eigenvalue weighted by Gasteiger charge is -2.21. The SMILES string of the molecule is CCN(Cc1ccccc1)C(=O)COc1ccc(C(=O)c2ccccc2)cc1. The molecule has 0 unspecified atom stereocenters. The van der Waals surface area contributed by atoms with Gasteiger partial charge in [0.15, 0.2) is 12.4 Å². The summed E-state index contributed by atoms with van der Waals surface area (Å²) in [5, 5.41) is 0. The molecule has 0 fully saturated rings. The monoisotopic (exact) mass is 373 g/mol. The first-order valence-electron chi connectivity index (χ1n) is 9.31. The van der Waals surface area contributed by atoms with Crippen LogP contribution in [-0.4, -0.2) is 29.7 Å². The highest BCUT2D eigenvalue weighted by Crippen LogP contribution is 2.16. The predicted octanol–water partition coefficient (Wildman–Crippen LogP) is 4.35. The number of nitrogens with zero attached hydrogens (tertiary/aromatic N) is 1. The minimum Gasteiger partial charge on any atom is -0.484 e. The van der Waals surface area contributed by atoms with E-state index in [1.54, 1.807) is 41.3 Å². The Morgan fingerprint density at radius 2 is 1.36 bits per heavy atom. The Morgan fingerprint density at radius 1 is 0.786 bits per heavy atom. The molecule has 142 valence electrons. The summed E-state index contributed by atoms with van der Waals surface area (Å²) in [5.74, 6) is 0.452. The standard InChI is InChI=1S/C24H23NO3/c1-2-25(17-19-9-5-3-6-10-19)23(26)18-28-22-15-13-21(14-16-22)24(27)20-11-7-4-8-12-20/h3-16H,2,17-18H2,1H3. The fraction of sp³-hybridized carbons (Fsp3) is 0.167. The number of hydrogen-bond acceptors (Lipinski definition) is 3. The molecule has 0 saturated heterocycles. The summed E-state index contributed by atoms with van der Waals surface area (Å²) in [7, 11) is 0. The van der Waals surface area contributed by atoms with Crippen LogP contribution in [0.4, 0.5) is 0 Å². The minimum absolute atomic E-state index is 0.0351. The normalized spacial score (nSPS) is 10.3. The molecule has 0 heterocycles. The van der Waals surface area contributed by atoms with Crippen molar-refractivity contribution in [2.24, 2.45) is 0 Å². The molecule has 0 aliphatic heterocycles. The van der Waals surface area contributed by atoms with Gasteiger partial charge in [-0.25, -0.2) is 0 Å². The second-order valence-electron chi connectivity index (χ2n) is 6.40. The number of benzene rings is 3. The van der Waals surface area contributed by atoms with Gasteiger partial charge in [-0.1, -0.05) is 60.7 Å². The van der Waals surface area contributed by atoms with Gasteiger partial charge in [0.05, 0.1) is 0 Å². The van der Waals surface area contributed by atoms with Crippen molar-refractivity contribution in [3.05, 3.63) is 102 Å². The summed E-state index contributed by atoms with van der Waals surface area (Å²) in [6.07, 6.45) is 0. The Morgan fingerprint density at radius 3 is 1.96 bits per heavy atom. The lowest BCUT2D eigenvalue weighted by molar-refractivity contribution is -0.133. The predicted molar refractivity (Wildman–Crippen MR) is 109 cm³/mol. The summed E-state index contributed by atoms with van der Waals surface area (Å²) in [5.41, 5.74) is 2.32. The molecular weight excluding hydrogens is 350 g/mol. The maximum atomic E-state index is 12.5. The zero-order valence-electron chi connectivity index (χ0n) is 15.9. The largest absolute Gasteiger partial charge is 0.484 e. The van der Waals surface area contributed by atoms with Crippen molar-refractivity contribution in [2.45, 2.75) is 13.5 Å². The number of carbonyl (C=O) groups excluding carboxylic acids is 2. The van der Waals surface area contributed by atoms with Crippen LogP contribution in [0.2, 0.25) is 0 Å². The first kappa shape index (κ1) is 19.4. The van der Waals surface area contributed by atoms with Crippen molar-refractivity contribution in [1.29, 1.82) is 0 Å². The van der Waals surface area contributed by atoms with Crippen LogP contribution in [0.1, 0.15) is 28.4 Å². The second kappa shape index (κ2) is 9.51. The molecule has 28 heavy (non-hydrogen) atoms. The topological polar surface area (TPSA) is 46.6 Å². The van der Waals surface area contributed by atoms with E-state index in [2.05, 4.69) is 0 Å². The van der Waals surface area contributed by atoms with Crippen LogP contribution in [0.3, 0.4) is 0 Å². The maximum Gasteiger partial charge on any atom is 0.260 e. The van der Waals surface area contributed by atoms with Gasteiger partial charge in [0, 0.05) is 24.2 Å². The number of rotatable bonds is 8. The molecule has 0 aliphatic carbocycles. The molecule has 0 aliphatic rings. The molecule has 3 aromatic carbocycles. The van der Waals surface area contributed by atoms with Crippen molar-refractivity contribution >= 4 is 11.7 Å². The highest BCUT2D eigenvalue weighted by Gasteiger charge is 2.13. The first-order chi connectivity index (χ1) is 13.7. The third kappa shape index (κ3) is 5.07. The zero-order chi connectivity index (χ0) is 19.8. The lowest BCUT2D eigenvalue weighted by atomic mass is 10.0. The van der Waals surface area contributed by atoms with E-state index >= 15 is 0 Å². The van der Waals surface area contributed by atoms with Crippen LogP contribution in [0, 0.1) is 0 Å². The molecule has 0 bridgehead atoms. The second-order valence-corrected chi connectivity index (χ2v) is 6.40. The molecule has 3 aromatic rings. The van der Waals surface area contributed by atoms with E-state index in [9.17, 15) is 9.59 Å². The number of ketones is 1. The number of ether oxygens (including phenoxy) is 1. The summed E-state index contributed by atoms with van der Waals surface area (Å²) < 4.78 is 5.63. The summed E-state index contributed by atoms with van der Waals surface area (Å²) in [4.78, 5) is 26.6. The molecular formula is C24H23NO3. The zero-order valence-corrected chi connectivity index (χ0v) is 15.9. The van der Waals surface area contributed by atoms with Gasteiger partial charge in [0.1, 0.15) is 5.75 Å². The van der Waals surface area contributed by atoms with Crippen LogP contribution < -0.4 is 4.74 Å². The van der Waals surface area contributed by atoms with Gasteiger partial charge in [0.25, 0.3) is 5.91 Å². The number of hydrogen-bond donors (Lipinski definition) is 0. The summed E-state index contributed by atoms with van der Waals surface area (Å²) in [6, 6.07) is 25.9. The van der Waals surface area contributed by atoms with E-state index in [0.29, 0.717) is 30.0 Å². The number of amides is 1. The molecule has 0 saturated carbocycles. The van der Waals surface area contributed by atoms with Crippen molar-refractivity contribution in [3.8, 4) is 5.75 Å². The Labute approximate surface area is 165 Å². The van der Waals surface area contributed by atoms with Gasteiger partial charge >= 0.3 is 0 Å². The van der Waals surface area contributed by atoms with Crippen LogP contribution in [0.5, 0.6) is 5.75 Å². The molecule has 4 heteroatoms. The highest BCUT2D eigenvalue weighted by atomic mass is 16.5. The van der Waals surface area contributed by atoms with E-state index < -0.39 is 0 Å². The fourth-order valence-electron chi connectivity index (χ4n) is 2.88. The lowest BCUT2D eigenvalue weighted by Crippen LogP contribution is -2.34. The van der Waals surface area contributed by atoms with E-state index in [-0.39, 0.29) is 18.3 Å². The van der Waals surface area contributed by atoms with Gasteiger partial charge in [-0.15, -0.1) is 0 Å². The molecule has 0 spiro atoms. The van der Waals surface area contributed by atoms with E-state index in [0.717, 1.165) is 5.56 Å². The Hall–Kier alpha value is -3.40. The first-order valence-corrected chi connectivity index (χ1v) is 9.31. The molecule has 0 atom stereocenters. The summed E-state index contributed by atoms with van der Waals surface area (Å²) in [6.45, 7) is 3.09. The van der Waals surface area contributed by atoms with Crippen molar-refractivity contribution < 1.29 is 14.3 Å².